The summed E-state index contributed by atoms with van der Waals surface area (Å²) < 4.78 is 17.1. The van der Waals surface area contributed by atoms with E-state index in [1.165, 1.54) is 18.5 Å². The van der Waals surface area contributed by atoms with Crippen molar-refractivity contribution in [3.05, 3.63) is 109 Å². The summed E-state index contributed by atoms with van der Waals surface area (Å²) in [6.07, 6.45) is 4.79. The van der Waals surface area contributed by atoms with Crippen molar-refractivity contribution in [1.29, 1.82) is 0 Å². The predicted octanol–water partition coefficient (Wildman–Crippen LogP) is 3.93. The maximum Gasteiger partial charge on any atom is 0.251 e. The fourth-order valence-corrected chi connectivity index (χ4v) is 3.63. The van der Waals surface area contributed by atoms with Crippen LogP contribution in [0.15, 0.2) is 91.8 Å². The van der Waals surface area contributed by atoms with Crippen LogP contribution in [0, 0.1) is 5.82 Å². The summed E-state index contributed by atoms with van der Waals surface area (Å²) in [6, 6.07) is 20.7. The molecular formula is C24H19FN6O. The second-order valence-electron chi connectivity index (χ2n) is 7.35. The van der Waals surface area contributed by atoms with Crippen LogP contribution >= 0.6 is 0 Å². The third-order valence-corrected chi connectivity index (χ3v) is 5.30. The number of hydrogen-bond donors (Lipinski definition) is 1. The van der Waals surface area contributed by atoms with E-state index in [1.54, 1.807) is 53.7 Å². The minimum Gasteiger partial charge on any atom is -0.343 e. The van der Waals surface area contributed by atoms with Crippen LogP contribution in [0.1, 0.15) is 22.0 Å². The average molecular weight is 426 g/mol. The molecule has 0 aliphatic heterocycles. The summed E-state index contributed by atoms with van der Waals surface area (Å²) >= 11 is 0. The highest BCUT2D eigenvalue weighted by atomic mass is 19.1. The van der Waals surface area contributed by atoms with Gasteiger partial charge in [-0.1, -0.05) is 24.3 Å². The molecule has 0 radical (unpaired) electrons. The number of rotatable bonds is 6. The summed E-state index contributed by atoms with van der Waals surface area (Å²) in [5.74, 6) is -0.551. The highest BCUT2D eigenvalue weighted by molar-refractivity contribution is 5.94. The highest BCUT2D eigenvalue weighted by Crippen LogP contribution is 2.21. The first-order valence-corrected chi connectivity index (χ1v) is 10.1. The second kappa shape index (κ2) is 8.43. The zero-order valence-electron chi connectivity index (χ0n) is 17.0. The molecule has 2 aromatic heterocycles. The highest BCUT2D eigenvalue weighted by Gasteiger charge is 2.18. The molecule has 158 valence electrons. The van der Waals surface area contributed by atoms with Crippen molar-refractivity contribution in [3.8, 4) is 5.69 Å². The topological polar surface area (TPSA) is 77.6 Å². The number of nitrogens with zero attached hydrogens (tertiary/aromatic N) is 5. The van der Waals surface area contributed by atoms with Gasteiger partial charge in [0.15, 0.2) is 0 Å². The van der Waals surface area contributed by atoms with Crippen molar-refractivity contribution >= 4 is 16.9 Å². The first-order valence-electron chi connectivity index (χ1n) is 10.1. The van der Waals surface area contributed by atoms with Gasteiger partial charge in [0, 0.05) is 12.1 Å². The van der Waals surface area contributed by atoms with E-state index in [0.29, 0.717) is 12.1 Å². The lowest BCUT2D eigenvalue weighted by Crippen LogP contribution is -2.31. The van der Waals surface area contributed by atoms with E-state index in [0.717, 1.165) is 22.3 Å². The van der Waals surface area contributed by atoms with E-state index < -0.39 is 0 Å². The van der Waals surface area contributed by atoms with E-state index in [1.807, 2.05) is 28.8 Å². The molecule has 0 aliphatic rings. The van der Waals surface area contributed by atoms with E-state index >= 15 is 0 Å². The summed E-state index contributed by atoms with van der Waals surface area (Å²) in [5.41, 5.74) is 3.96. The summed E-state index contributed by atoms with van der Waals surface area (Å²) in [6.45, 7) is 0.453. The number of amides is 1. The zero-order valence-corrected chi connectivity index (χ0v) is 17.0. The quantitative estimate of drug-likeness (QED) is 0.446. The molecule has 5 aromatic rings. The first-order chi connectivity index (χ1) is 15.7. The molecule has 8 heteroatoms. The molecule has 7 nitrogen and oxygen atoms in total. The lowest BCUT2D eigenvalue weighted by atomic mass is 10.1. The van der Waals surface area contributed by atoms with Crippen LogP contribution in [-0.4, -0.2) is 30.2 Å². The van der Waals surface area contributed by atoms with E-state index in [4.69, 9.17) is 0 Å². The molecule has 1 unspecified atom stereocenters. The Kier molecular flexibility index (Phi) is 5.17. The van der Waals surface area contributed by atoms with Gasteiger partial charge in [-0.05, 0) is 54.1 Å². The van der Waals surface area contributed by atoms with E-state index in [2.05, 4.69) is 20.4 Å². The normalized spacial score (nSPS) is 12.0. The Morgan fingerprint density at radius 2 is 1.75 bits per heavy atom. The van der Waals surface area contributed by atoms with Crippen molar-refractivity contribution in [1.82, 2.24) is 29.6 Å². The van der Waals surface area contributed by atoms with Gasteiger partial charge in [0.05, 0.1) is 29.1 Å². The molecule has 1 amide bonds. The van der Waals surface area contributed by atoms with Crippen LogP contribution in [0.3, 0.4) is 0 Å². The van der Waals surface area contributed by atoms with Gasteiger partial charge in [-0.3, -0.25) is 4.79 Å². The van der Waals surface area contributed by atoms with Gasteiger partial charge >= 0.3 is 0 Å². The molecule has 32 heavy (non-hydrogen) atoms. The van der Waals surface area contributed by atoms with Crippen LogP contribution in [-0.2, 0) is 6.54 Å². The summed E-state index contributed by atoms with van der Waals surface area (Å²) in [4.78, 5) is 21.4. The molecule has 0 aliphatic carbocycles. The van der Waals surface area contributed by atoms with Crippen LogP contribution in [0.5, 0.6) is 0 Å². The second-order valence-corrected chi connectivity index (χ2v) is 7.35. The largest absolute Gasteiger partial charge is 0.343 e. The number of carbonyl (C=O) groups excluding carboxylic acids is 1. The standard InChI is InChI=1S/C24H19FN6O/c25-19-9-5-17(6-10-19)22(13-30-16-27-21-3-1-2-4-23(21)30)29-24(32)18-7-11-20(12-8-18)31-15-26-14-28-31/h1-12,14-16,22H,13H2,(H,29,32). The Labute approximate surface area is 183 Å². The van der Waals surface area contributed by atoms with Crippen molar-refractivity contribution < 1.29 is 9.18 Å². The Hall–Kier alpha value is -4.33. The summed E-state index contributed by atoms with van der Waals surface area (Å²) in [7, 11) is 0. The van der Waals surface area contributed by atoms with Gasteiger partial charge in [-0.2, -0.15) is 5.10 Å². The number of para-hydroxylation sites is 2. The number of fused-ring (bicyclic) bond motifs is 1. The van der Waals surface area contributed by atoms with Crippen molar-refractivity contribution in [2.75, 3.05) is 0 Å². The van der Waals surface area contributed by atoms with Gasteiger partial charge in [-0.15, -0.1) is 0 Å². The third kappa shape index (κ3) is 3.98. The number of imidazole rings is 1. The Bertz CT molecular complexity index is 1340. The van der Waals surface area contributed by atoms with Gasteiger partial charge in [-0.25, -0.2) is 19.0 Å². The molecule has 1 atom stereocenters. The monoisotopic (exact) mass is 426 g/mol. The Morgan fingerprint density at radius 1 is 0.969 bits per heavy atom. The molecular weight excluding hydrogens is 407 g/mol. The minimum absolute atomic E-state index is 0.228. The fraction of sp³-hybridized carbons (Fsp3) is 0.0833. The van der Waals surface area contributed by atoms with Gasteiger partial charge < -0.3 is 9.88 Å². The number of hydrogen-bond acceptors (Lipinski definition) is 4. The predicted molar refractivity (Wildman–Crippen MR) is 118 cm³/mol. The zero-order chi connectivity index (χ0) is 21.9. The first kappa shape index (κ1) is 19.6. The molecule has 1 N–H and O–H groups in total. The lowest BCUT2D eigenvalue weighted by molar-refractivity contribution is 0.0933. The van der Waals surface area contributed by atoms with E-state index in [9.17, 15) is 9.18 Å². The molecule has 0 saturated heterocycles. The molecule has 2 heterocycles. The van der Waals surface area contributed by atoms with Gasteiger partial charge in [0.2, 0.25) is 0 Å². The van der Waals surface area contributed by atoms with Crippen LogP contribution in [0.2, 0.25) is 0 Å². The van der Waals surface area contributed by atoms with Crippen LogP contribution in [0.4, 0.5) is 4.39 Å². The van der Waals surface area contributed by atoms with Gasteiger partial charge in [0.1, 0.15) is 18.5 Å². The maximum atomic E-state index is 13.5. The number of carbonyl (C=O) groups is 1. The Morgan fingerprint density at radius 3 is 2.50 bits per heavy atom. The molecule has 0 saturated carbocycles. The van der Waals surface area contributed by atoms with E-state index in [-0.39, 0.29) is 17.8 Å². The lowest BCUT2D eigenvalue weighted by Gasteiger charge is -2.20. The third-order valence-electron chi connectivity index (χ3n) is 5.30. The van der Waals surface area contributed by atoms with Crippen LogP contribution < -0.4 is 5.32 Å². The average Bonchev–Trinajstić information content (AvgIpc) is 3.50. The number of nitrogens with one attached hydrogen (secondary N) is 1. The molecule has 0 fully saturated rings. The molecule has 3 aromatic carbocycles. The van der Waals surface area contributed by atoms with Gasteiger partial charge in [0.25, 0.3) is 5.91 Å². The molecule has 0 spiro atoms. The maximum absolute atomic E-state index is 13.5. The van der Waals surface area contributed by atoms with Crippen LogP contribution in [0.25, 0.3) is 16.7 Å². The molecule has 5 rings (SSSR count). The number of halogens is 1. The molecule has 0 bridgehead atoms. The summed E-state index contributed by atoms with van der Waals surface area (Å²) in [5, 5.41) is 7.17. The smallest absolute Gasteiger partial charge is 0.251 e. The number of benzene rings is 3. The minimum atomic E-state index is -0.379. The number of aromatic nitrogens is 5. The van der Waals surface area contributed by atoms with Crippen molar-refractivity contribution in [3.63, 3.8) is 0 Å². The van der Waals surface area contributed by atoms with Crippen molar-refractivity contribution in [2.24, 2.45) is 0 Å². The van der Waals surface area contributed by atoms with Crippen molar-refractivity contribution in [2.45, 2.75) is 12.6 Å². The SMILES string of the molecule is O=C(NC(Cn1cnc2ccccc21)c1ccc(F)cc1)c1ccc(-n2cncn2)cc1. The Balaban J connectivity index is 1.41. The fourth-order valence-electron chi connectivity index (χ4n) is 3.63.